The van der Waals surface area contributed by atoms with Crippen LogP contribution in [-0.2, 0) is 14.8 Å². The van der Waals surface area contributed by atoms with E-state index in [0.29, 0.717) is 25.9 Å². The molecule has 0 aliphatic carbocycles. The van der Waals surface area contributed by atoms with Crippen molar-refractivity contribution in [3.63, 3.8) is 0 Å². The van der Waals surface area contributed by atoms with Crippen LogP contribution >= 0.6 is 0 Å². The van der Waals surface area contributed by atoms with Gasteiger partial charge in [0.05, 0.1) is 0 Å². The summed E-state index contributed by atoms with van der Waals surface area (Å²) in [4.78, 5) is 12.7. The van der Waals surface area contributed by atoms with Crippen LogP contribution in [0.25, 0.3) is 17.2 Å². The number of sulfonamides is 1. The van der Waals surface area contributed by atoms with Gasteiger partial charge < -0.3 is 5.32 Å². The molecule has 0 unspecified atom stereocenters. The zero-order valence-electron chi connectivity index (χ0n) is 17.7. The molecule has 0 bridgehead atoms. The van der Waals surface area contributed by atoms with Gasteiger partial charge in [0.15, 0.2) is 0 Å². The van der Waals surface area contributed by atoms with E-state index in [2.05, 4.69) is 5.32 Å². The lowest BCUT2D eigenvalue weighted by Gasteiger charge is -2.29. The molecule has 1 aliphatic heterocycles. The molecule has 1 aliphatic rings. The molecule has 0 spiro atoms. The molecule has 164 valence electrons. The lowest BCUT2D eigenvalue weighted by Crippen LogP contribution is -2.40. The summed E-state index contributed by atoms with van der Waals surface area (Å²) in [6.45, 7) is 0.680. The number of hydrogen-bond donors (Lipinski definition) is 1. The normalized spacial score (nSPS) is 15.6. The predicted octanol–water partition coefficient (Wildman–Crippen LogP) is 5.00. The van der Waals surface area contributed by atoms with Crippen LogP contribution < -0.4 is 5.32 Å². The van der Waals surface area contributed by atoms with Gasteiger partial charge in [-0.25, -0.2) is 8.42 Å². The van der Waals surface area contributed by atoms with Crippen molar-refractivity contribution in [1.29, 1.82) is 0 Å². The van der Waals surface area contributed by atoms with Crippen molar-refractivity contribution >= 4 is 27.7 Å². The molecule has 6 heteroatoms. The van der Waals surface area contributed by atoms with Gasteiger partial charge >= 0.3 is 0 Å². The number of hydrogen-bond acceptors (Lipinski definition) is 3. The third-order valence-electron chi connectivity index (χ3n) is 5.68. The summed E-state index contributed by atoms with van der Waals surface area (Å²) < 4.78 is 26.7. The summed E-state index contributed by atoms with van der Waals surface area (Å²) in [5.41, 5.74) is 3.80. The second kappa shape index (κ2) is 9.94. The zero-order chi connectivity index (χ0) is 22.4. The third kappa shape index (κ3) is 5.52. The van der Waals surface area contributed by atoms with E-state index in [1.54, 1.807) is 6.08 Å². The molecule has 0 radical (unpaired) electrons. The molecule has 1 N–H and O–H groups in total. The lowest BCUT2D eigenvalue weighted by atomic mass is 9.97. The van der Waals surface area contributed by atoms with E-state index >= 15 is 0 Å². The van der Waals surface area contributed by atoms with Crippen molar-refractivity contribution < 1.29 is 13.2 Å². The fraction of sp³-hybridized carbons (Fsp3) is 0.192. The SMILES string of the molecule is O=C(Nc1ccc(-c2ccccc2)cc1)C1CCN(S(=O)(=O)C=Cc2ccccc2)CC1. The Morgan fingerprint density at radius 2 is 1.38 bits per heavy atom. The number of carbonyl (C=O) groups is 1. The van der Waals surface area contributed by atoms with Gasteiger partial charge in [0.1, 0.15) is 0 Å². The first kappa shape index (κ1) is 22.0. The summed E-state index contributed by atoms with van der Waals surface area (Å²) in [5.74, 6) is -0.261. The van der Waals surface area contributed by atoms with Crippen LogP contribution in [0.15, 0.2) is 90.3 Å². The Morgan fingerprint density at radius 3 is 2.00 bits per heavy atom. The van der Waals surface area contributed by atoms with Gasteiger partial charge in [0, 0.05) is 30.1 Å². The maximum Gasteiger partial charge on any atom is 0.236 e. The van der Waals surface area contributed by atoms with E-state index in [0.717, 1.165) is 22.4 Å². The topological polar surface area (TPSA) is 66.5 Å². The Morgan fingerprint density at radius 1 is 0.812 bits per heavy atom. The van der Waals surface area contributed by atoms with Crippen molar-refractivity contribution in [2.75, 3.05) is 18.4 Å². The van der Waals surface area contributed by atoms with Gasteiger partial charge in [-0.1, -0.05) is 72.8 Å². The van der Waals surface area contributed by atoms with Crippen molar-refractivity contribution in [3.8, 4) is 11.1 Å². The molecule has 0 atom stereocenters. The molecule has 1 saturated heterocycles. The maximum atomic E-state index is 12.7. The standard InChI is InChI=1S/C26H26N2O3S/c29-26(27-25-13-11-23(12-14-25)22-9-5-2-6-10-22)24-15-18-28(19-16-24)32(30,31)20-17-21-7-3-1-4-8-21/h1-14,17,20,24H,15-16,18-19H2,(H,27,29). The highest BCUT2D eigenvalue weighted by Crippen LogP contribution is 2.24. The Balaban J connectivity index is 1.31. The fourth-order valence-corrected chi connectivity index (χ4v) is 5.03. The summed E-state index contributed by atoms with van der Waals surface area (Å²) in [6.07, 6.45) is 2.62. The van der Waals surface area contributed by atoms with Gasteiger partial charge in [-0.2, -0.15) is 4.31 Å². The van der Waals surface area contributed by atoms with Crippen molar-refractivity contribution in [2.24, 2.45) is 5.92 Å². The van der Waals surface area contributed by atoms with Gasteiger partial charge in [-0.05, 0) is 47.7 Å². The quantitative estimate of drug-likeness (QED) is 0.579. The number of carbonyl (C=O) groups excluding carboxylic acids is 1. The third-order valence-corrected chi connectivity index (χ3v) is 7.24. The maximum absolute atomic E-state index is 12.7. The zero-order valence-corrected chi connectivity index (χ0v) is 18.5. The van der Waals surface area contributed by atoms with Crippen LogP contribution in [0.2, 0.25) is 0 Å². The predicted molar refractivity (Wildman–Crippen MR) is 129 cm³/mol. The number of piperidine rings is 1. The fourth-order valence-electron chi connectivity index (χ4n) is 3.81. The molecule has 5 nitrogen and oxygen atoms in total. The molecule has 1 fully saturated rings. The Hall–Kier alpha value is -3.22. The summed E-state index contributed by atoms with van der Waals surface area (Å²) in [7, 11) is -3.50. The molecule has 1 amide bonds. The molecular weight excluding hydrogens is 420 g/mol. The number of amides is 1. The molecule has 4 rings (SSSR count). The average Bonchev–Trinajstić information content (AvgIpc) is 2.84. The Labute approximate surface area is 189 Å². The minimum absolute atomic E-state index is 0.0608. The first-order valence-electron chi connectivity index (χ1n) is 10.7. The van der Waals surface area contributed by atoms with E-state index in [9.17, 15) is 13.2 Å². The smallest absolute Gasteiger partial charge is 0.236 e. The van der Waals surface area contributed by atoms with Gasteiger partial charge in [0.25, 0.3) is 0 Å². The summed E-state index contributed by atoms with van der Waals surface area (Å²) in [5, 5.41) is 4.22. The minimum Gasteiger partial charge on any atom is -0.326 e. The minimum atomic E-state index is -3.50. The van der Waals surface area contributed by atoms with Crippen molar-refractivity contribution in [3.05, 3.63) is 95.9 Å². The van der Waals surface area contributed by atoms with Crippen LogP contribution in [0.3, 0.4) is 0 Å². The highest BCUT2D eigenvalue weighted by Gasteiger charge is 2.30. The first-order valence-corrected chi connectivity index (χ1v) is 12.2. The monoisotopic (exact) mass is 446 g/mol. The van der Waals surface area contributed by atoms with Gasteiger partial charge in [0.2, 0.25) is 15.9 Å². The molecule has 0 aromatic heterocycles. The summed E-state index contributed by atoms with van der Waals surface area (Å²) >= 11 is 0. The van der Waals surface area contributed by atoms with Gasteiger partial charge in [-0.15, -0.1) is 0 Å². The number of nitrogens with one attached hydrogen (secondary N) is 1. The van der Waals surface area contributed by atoms with Gasteiger partial charge in [-0.3, -0.25) is 4.79 Å². The lowest BCUT2D eigenvalue weighted by molar-refractivity contribution is -0.120. The largest absolute Gasteiger partial charge is 0.326 e. The second-order valence-electron chi connectivity index (χ2n) is 7.86. The number of rotatable bonds is 6. The van der Waals surface area contributed by atoms with Crippen molar-refractivity contribution in [1.82, 2.24) is 4.31 Å². The Bertz CT molecular complexity index is 1170. The average molecular weight is 447 g/mol. The van der Waals surface area contributed by atoms with E-state index in [1.165, 1.54) is 9.71 Å². The molecule has 0 saturated carbocycles. The number of benzene rings is 3. The van der Waals surface area contributed by atoms with Crippen molar-refractivity contribution in [2.45, 2.75) is 12.8 Å². The number of nitrogens with zero attached hydrogens (tertiary/aromatic N) is 1. The van der Waals surface area contributed by atoms with Crippen LogP contribution in [0.5, 0.6) is 0 Å². The molecular formula is C26H26N2O3S. The van der Waals surface area contributed by atoms with E-state index < -0.39 is 10.0 Å². The van der Waals surface area contributed by atoms with Crippen LogP contribution in [0, 0.1) is 5.92 Å². The van der Waals surface area contributed by atoms with E-state index in [1.807, 2.05) is 84.9 Å². The van der Waals surface area contributed by atoms with Crippen LogP contribution in [-0.4, -0.2) is 31.7 Å². The number of anilines is 1. The molecule has 3 aromatic carbocycles. The first-order chi connectivity index (χ1) is 15.5. The van der Waals surface area contributed by atoms with Crippen LogP contribution in [0.4, 0.5) is 5.69 Å². The molecule has 1 heterocycles. The highest BCUT2D eigenvalue weighted by molar-refractivity contribution is 7.92. The highest BCUT2D eigenvalue weighted by atomic mass is 32.2. The molecule has 3 aromatic rings. The summed E-state index contributed by atoms with van der Waals surface area (Å²) in [6, 6.07) is 27.2. The van der Waals surface area contributed by atoms with E-state index in [4.69, 9.17) is 0 Å². The molecule has 32 heavy (non-hydrogen) atoms. The van der Waals surface area contributed by atoms with E-state index in [-0.39, 0.29) is 11.8 Å². The Kier molecular flexibility index (Phi) is 6.83. The van der Waals surface area contributed by atoms with Crippen LogP contribution in [0.1, 0.15) is 18.4 Å². The second-order valence-corrected chi connectivity index (χ2v) is 9.68.